The Labute approximate surface area is 279 Å². The molecule has 3 aliphatic carbocycles. The SMILES string of the molecule is CCCCC(=O)N[C@H]1CC[C@H](C(=O)N(C[C@H]2CC[C@H](c3ccc(OC)c(C)c3)CC2)c2cccc(-c3cnc(C4CC4)s3)c2)CC1. The Hall–Kier alpha value is -3.19. The molecule has 0 spiro atoms. The van der Waals surface area contributed by atoms with Gasteiger partial charge < -0.3 is 15.0 Å². The van der Waals surface area contributed by atoms with Gasteiger partial charge in [-0.15, -0.1) is 11.3 Å². The van der Waals surface area contributed by atoms with Crippen molar-refractivity contribution < 1.29 is 14.3 Å². The predicted molar refractivity (Wildman–Crippen MR) is 188 cm³/mol. The number of anilines is 1. The molecule has 0 bridgehead atoms. The van der Waals surface area contributed by atoms with E-state index in [1.165, 1.54) is 33.9 Å². The first-order valence-electron chi connectivity index (χ1n) is 17.7. The highest BCUT2D eigenvalue weighted by atomic mass is 32.1. The number of hydrogen-bond donors (Lipinski definition) is 1. The summed E-state index contributed by atoms with van der Waals surface area (Å²) < 4.78 is 5.49. The molecule has 3 saturated carbocycles. The van der Waals surface area contributed by atoms with E-state index in [-0.39, 0.29) is 23.8 Å². The minimum absolute atomic E-state index is 0.00376. The zero-order chi connectivity index (χ0) is 32.0. The molecule has 3 aromatic rings. The van der Waals surface area contributed by atoms with Gasteiger partial charge in [-0.25, -0.2) is 4.98 Å². The van der Waals surface area contributed by atoms with E-state index in [9.17, 15) is 9.59 Å². The number of aryl methyl sites for hydroxylation is 1. The van der Waals surface area contributed by atoms with E-state index in [1.54, 1.807) is 18.4 Å². The van der Waals surface area contributed by atoms with Crippen molar-refractivity contribution in [2.75, 3.05) is 18.6 Å². The number of methoxy groups -OCH3 is 1. The van der Waals surface area contributed by atoms with Crippen LogP contribution in [-0.2, 0) is 9.59 Å². The van der Waals surface area contributed by atoms with Gasteiger partial charge in [-0.05, 0) is 124 Å². The van der Waals surface area contributed by atoms with Crippen LogP contribution in [0.4, 0.5) is 5.69 Å². The molecule has 1 N–H and O–H groups in total. The Balaban J connectivity index is 1.15. The zero-order valence-electron chi connectivity index (χ0n) is 27.9. The van der Waals surface area contributed by atoms with Gasteiger partial charge in [0.1, 0.15) is 5.75 Å². The van der Waals surface area contributed by atoms with Crippen LogP contribution >= 0.6 is 11.3 Å². The standard InChI is InChI=1S/C39H51N3O3S/c1-4-5-9-37(43)41-33-19-16-30(17-20-33)39(44)42(34-8-6-7-32(23-34)36-24-40-38(46-36)29-14-15-29)25-27-10-12-28(13-11-27)31-18-21-35(45-3)26(2)22-31/h6-8,18,21-24,27-30,33H,4-5,9-17,19-20,25H2,1-3H3,(H,41,43)/t27-,28-,30-,33-. The fourth-order valence-electron chi connectivity index (χ4n) is 7.52. The molecule has 1 heterocycles. The molecule has 2 amide bonds. The van der Waals surface area contributed by atoms with Crippen LogP contribution in [-0.4, -0.2) is 36.5 Å². The number of ether oxygens (including phenoxy) is 1. The third-order valence-corrected chi connectivity index (χ3v) is 11.7. The van der Waals surface area contributed by atoms with E-state index in [2.05, 4.69) is 66.5 Å². The number of thiazole rings is 1. The molecule has 3 fully saturated rings. The number of carbonyl (C=O) groups excluding carboxylic acids is 2. The molecular formula is C39H51N3O3S. The second-order valence-electron chi connectivity index (χ2n) is 14.0. The fraction of sp³-hybridized carbons (Fsp3) is 0.564. The van der Waals surface area contributed by atoms with Crippen LogP contribution in [0.1, 0.15) is 118 Å². The monoisotopic (exact) mass is 641 g/mol. The Morgan fingerprint density at radius 1 is 0.957 bits per heavy atom. The third kappa shape index (κ3) is 8.02. The number of amides is 2. The largest absolute Gasteiger partial charge is 0.496 e. The summed E-state index contributed by atoms with van der Waals surface area (Å²) in [4.78, 5) is 34.8. The van der Waals surface area contributed by atoms with Gasteiger partial charge in [-0.3, -0.25) is 9.59 Å². The highest BCUT2D eigenvalue weighted by Gasteiger charge is 2.33. The number of rotatable bonds is 12. The van der Waals surface area contributed by atoms with Crippen molar-refractivity contribution >= 4 is 28.8 Å². The summed E-state index contributed by atoms with van der Waals surface area (Å²) in [5, 5.41) is 4.48. The maximum absolute atomic E-state index is 14.4. The first-order chi connectivity index (χ1) is 22.4. The Morgan fingerprint density at radius 3 is 2.41 bits per heavy atom. The number of benzene rings is 2. The van der Waals surface area contributed by atoms with Gasteiger partial charge in [-0.1, -0.05) is 37.6 Å². The van der Waals surface area contributed by atoms with Crippen molar-refractivity contribution in [3.63, 3.8) is 0 Å². The Kier molecular flexibility index (Phi) is 10.8. The lowest BCUT2D eigenvalue weighted by Gasteiger charge is -2.36. The topological polar surface area (TPSA) is 71.5 Å². The van der Waals surface area contributed by atoms with Crippen LogP contribution < -0.4 is 15.0 Å². The summed E-state index contributed by atoms with van der Waals surface area (Å²) in [6.45, 7) is 5.00. The molecular weight excluding hydrogens is 591 g/mol. The van der Waals surface area contributed by atoms with Gasteiger partial charge in [-0.2, -0.15) is 0 Å². The van der Waals surface area contributed by atoms with Crippen molar-refractivity contribution in [2.45, 2.75) is 115 Å². The average Bonchev–Trinajstić information content (AvgIpc) is 3.82. The highest BCUT2D eigenvalue weighted by Crippen LogP contribution is 2.44. The molecule has 3 aliphatic rings. The number of nitrogens with one attached hydrogen (secondary N) is 1. The average molecular weight is 642 g/mol. The summed E-state index contributed by atoms with van der Waals surface area (Å²) in [6.07, 6.45) is 15.0. The quantitative estimate of drug-likeness (QED) is 0.214. The lowest BCUT2D eigenvalue weighted by molar-refractivity contribution is -0.124. The van der Waals surface area contributed by atoms with Gasteiger partial charge in [0.05, 0.1) is 17.0 Å². The molecule has 0 aliphatic heterocycles. The van der Waals surface area contributed by atoms with Gasteiger partial charge in [0.15, 0.2) is 0 Å². The zero-order valence-corrected chi connectivity index (χ0v) is 28.7. The number of carbonyl (C=O) groups is 2. The molecule has 246 valence electrons. The lowest BCUT2D eigenvalue weighted by atomic mass is 9.78. The molecule has 0 saturated heterocycles. The van der Waals surface area contributed by atoms with Crippen molar-refractivity contribution in [3.8, 4) is 16.2 Å². The second-order valence-corrected chi connectivity index (χ2v) is 15.1. The molecule has 7 heteroatoms. The molecule has 1 aromatic heterocycles. The van der Waals surface area contributed by atoms with Crippen molar-refractivity contribution in [3.05, 3.63) is 64.8 Å². The normalized spacial score (nSPS) is 23.1. The van der Waals surface area contributed by atoms with E-state index >= 15 is 0 Å². The number of aromatic nitrogens is 1. The smallest absolute Gasteiger partial charge is 0.230 e. The minimum atomic E-state index is -0.00376. The Bertz CT molecular complexity index is 1480. The summed E-state index contributed by atoms with van der Waals surface area (Å²) in [5.41, 5.74) is 4.76. The summed E-state index contributed by atoms with van der Waals surface area (Å²) in [5.74, 6) is 3.03. The van der Waals surface area contributed by atoms with Crippen LogP contribution in [0.25, 0.3) is 10.4 Å². The number of nitrogens with zero attached hydrogens (tertiary/aromatic N) is 2. The van der Waals surface area contributed by atoms with E-state index < -0.39 is 0 Å². The van der Waals surface area contributed by atoms with Gasteiger partial charge in [0.25, 0.3) is 0 Å². The van der Waals surface area contributed by atoms with Gasteiger partial charge in [0, 0.05) is 42.7 Å². The number of hydrogen-bond acceptors (Lipinski definition) is 5. The first-order valence-corrected chi connectivity index (χ1v) is 18.5. The van der Waals surface area contributed by atoms with Crippen molar-refractivity contribution in [2.24, 2.45) is 11.8 Å². The highest BCUT2D eigenvalue weighted by molar-refractivity contribution is 7.15. The summed E-state index contributed by atoms with van der Waals surface area (Å²) in [6, 6.07) is 15.4. The molecule has 6 nitrogen and oxygen atoms in total. The van der Waals surface area contributed by atoms with Crippen LogP contribution in [0.5, 0.6) is 5.75 Å². The van der Waals surface area contributed by atoms with Crippen molar-refractivity contribution in [1.29, 1.82) is 0 Å². The predicted octanol–water partition coefficient (Wildman–Crippen LogP) is 9.18. The van der Waals surface area contributed by atoms with E-state index in [0.29, 0.717) is 24.2 Å². The molecule has 0 radical (unpaired) electrons. The first kappa shape index (κ1) is 32.7. The summed E-state index contributed by atoms with van der Waals surface area (Å²) >= 11 is 1.80. The molecule has 0 atom stereocenters. The van der Waals surface area contributed by atoms with Crippen LogP contribution in [0, 0.1) is 18.8 Å². The Morgan fingerprint density at radius 2 is 1.72 bits per heavy atom. The van der Waals surface area contributed by atoms with Crippen LogP contribution in [0.2, 0.25) is 0 Å². The third-order valence-electron chi connectivity index (χ3n) is 10.5. The van der Waals surface area contributed by atoms with Crippen LogP contribution in [0.3, 0.4) is 0 Å². The molecule has 6 rings (SSSR count). The number of unbranched alkanes of at least 4 members (excludes halogenated alkanes) is 1. The second kappa shape index (κ2) is 15.1. The minimum Gasteiger partial charge on any atom is -0.496 e. The van der Waals surface area contributed by atoms with E-state index in [0.717, 1.165) is 87.8 Å². The molecule has 2 aromatic carbocycles. The lowest BCUT2D eigenvalue weighted by Crippen LogP contribution is -2.44. The summed E-state index contributed by atoms with van der Waals surface area (Å²) in [7, 11) is 1.73. The fourth-order valence-corrected chi connectivity index (χ4v) is 8.61. The van der Waals surface area contributed by atoms with Gasteiger partial charge >= 0.3 is 0 Å². The molecule has 46 heavy (non-hydrogen) atoms. The maximum atomic E-state index is 14.4. The van der Waals surface area contributed by atoms with Crippen LogP contribution in [0.15, 0.2) is 48.7 Å². The van der Waals surface area contributed by atoms with Crippen molar-refractivity contribution in [1.82, 2.24) is 10.3 Å². The maximum Gasteiger partial charge on any atom is 0.230 e. The van der Waals surface area contributed by atoms with E-state index in [4.69, 9.17) is 9.72 Å². The van der Waals surface area contributed by atoms with E-state index in [1.807, 2.05) is 6.20 Å². The molecule has 0 unspecified atom stereocenters. The van der Waals surface area contributed by atoms with Gasteiger partial charge in [0.2, 0.25) is 11.8 Å².